The van der Waals surface area contributed by atoms with Crippen LogP contribution < -0.4 is 20.5 Å². The van der Waals surface area contributed by atoms with Gasteiger partial charge in [0.25, 0.3) is 5.91 Å². The zero-order valence-electron chi connectivity index (χ0n) is 27.2. The highest BCUT2D eigenvalue weighted by Crippen LogP contribution is 2.38. The van der Waals surface area contributed by atoms with E-state index in [1.807, 2.05) is 4.72 Å². The minimum Gasteiger partial charge on any atom is -0.484 e. The van der Waals surface area contributed by atoms with Gasteiger partial charge in [0.1, 0.15) is 47.3 Å². The molecular weight excluding hydrogens is 687 g/mol. The Labute approximate surface area is 282 Å². The van der Waals surface area contributed by atoms with Crippen molar-refractivity contribution >= 4 is 41.3 Å². The van der Waals surface area contributed by atoms with Crippen LogP contribution in [0.3, 0.4) is 0 Å². The van der Waals surface area contributed by atoms with Gasteiger partial charge in [-0.25, -0.2) is 22.5 Å². The van der Waals surface area contributed by atoms with Crippen molar-refractivity contribution in [3.05, 3.63) is 78.0 Å². The van der Waals surface area contributed by atoms with Crippen LogP contribution in [-0.2, 0) is 21.5 Å². The molecule has 2 heterocycles. The maximum atomic E-state index is 13.7. The summed E-state index contributed by atoms with van der Waals surface area (Å²) in [6.07, 6.45) is -1.16. The maximum absolute atomic E-state index is 13.7. The Balaban J connectivity index is 1.83. The van der Waals surface area contributed by atoms with Crippen molar-refractivity contribution in [2.75, 3.05) is 22.4 Å². The van der Waals surface area contributed by atoms with Gasteiger partial charge in [0, 0.05) is 32.6 Å². The van der Waals surface area contributed by atoms with Crippen molar-refractivity contribution in [1.82, 2.24) is 19.7 Å². The number of halogens is 4. The first-order valence-electron chi connectivity index (χ1n) is 15.1. The van der Waals surface area contributed by atoms with E-state index >= 15 is 0 Å². The number of ether oxygens (including phenoxy) is 2. The molecule has 4 rings (SSSR count). The summed E-state index contributed by atoms with van der Waals surface area (Å²) in [6.45, 7) is 8.67. The summed E-state index contributed by atoms with van der Waals surface area (Å²) < 4.78 is 93.3. The molecule has 0 spiro atoms. The number of primary amides is 1. The van der Waals surface area contributed by atoms with Gasteiger partial charge in [0.2, 0.25) is 10.0 Å². The number of amides is 1. The molecule has 0 radical (unpaired) electrons. The third kappa shape index (κ3) is 10.7. The first kappa shape index (κ1) is 37.3. The number of nitrogens with zero attached hydrogens (tertiary/aromatic N) is 4. The molecule has 1 amide bonds. The molecule has 0 bridgehead atoms. The lowest BCUT2D eigenvalue weighted by Crippen LogP contribution is -2.28. The number of nitrogens with two attached hydrogens (primary N) is 1. The number of rotatable bonds is 16. The number of benzene rings is 2. The second-order valence-electron chi connectivity index (χ2n) is 12.3. The highest BCUT2D eigenvalue weighted by atomic mass is 32.2. The van der Waals surface area contributed by atoms with E-state index in [4.69, 9.17) is 15.2 Å². The van der Waals surface area contributed by atoms with E-state index in [9.17, 15) is 30.8 Å². The molecule has 0 aliphatic carbocycles. The van der Waals surface area contributed by atoms with E-state index in [1.165, 1.54) is 65.7 Å². The molecule has 0 saturated heterocycles. The lowest BCUT2D eigenvalue weighted by Gasteiger charge is -2.21. The number of aromatic nitrogens is 4. The van der Waals surface area contributed by atoms with Gasteiger partial charge in [-0.15, -0.1) is 0 Å². The molecule has 1 atom stereocenters. The van der Waals surface area contributed by atoms with E-state index in [0.29, 0.717) is 18.6 Å². The molecule has 18 heteroatoms. The zero-order valence-corrected chi connectivity index (χ0v) is 29.0. The predicted molar refractivity (Wildman–Crippen MR) is 179 cm³/mol. The molecule has 1 unspecified atom stereocenters. The summed E-state index contributed by atoms with van der Waals surface area (Å²) in [5, 5.41) is 7.61. The summed E-state index contributed by atoms with van der Waals surface area (Å²) in [7, 11) is -6.36. The van der Waals surface area contributed by atoms with Crippen LogP contribution in [0.2, 0.25) is 25.7 Å². The van der Waals surface area contributed by atoms with Crippen molar-refractivity contribution in [3.63, 3.8) is 0 Å². The van der Waals surface area contributed by atoms with Crippen LogP contribution in [0.25, 0.3) is 11.3 Å². The highest BCUT2D eigenvalue weighted by molar-refractivity contribution is 7.92. The van der Waals surface area contributed by atoms with Crippen molar-refractivity contribution in [3.8, 4) is 17.0 Å². The molecule has 264 valence electrons. The molecule has 2 aromatic carbocycles. The molecule has 4 N–H and O–H groups in total. The lowest BCUT2D eigenvalue weighted by atomic mass is 10.0. The van der Waals surface area contributed by atoms with Crippen LogP contribution in [0.4, 0.5) is 34.9 Å². The average Bonchev–Trinajstić information content (AvgIpc) is 3.36. The SMILES string of the molecule is CCC(Oc1cc(-c2nn(COCC[Si](C)(C)C)c(Nc3cnccn3)c2C(N)=O)ccc1NS(=O)(=O)CC(F)(F)F)c1ccc(F)cc1. The summed E-state index contributed by atoms with van der Waals surface area (Å²) in [6, 6.07) is 10.1. The molecule has 49 heavy (non-hydrogen) atoms. The Hall–Kier alpha value is -4.55. The highest BCUT2D eigenvalue weighted by Gasteiger charge is 2.36. The minimum absolute atomic E-state index is 0.0390. The molecule has 12 nitrogen and oxygen atoms in total. The van der Waals surface area contributed by atoms with Crippen LogP contribution in [0.5, 0.6) is 5.75 Å². The van der Waals surface area contributed by atoms with E-state index in [1.54, 1.807) is 6.92 Å². The Kier molecular flexibility index (Phi) is 11.7. The van der Waals surface area contributed by atoms with E-state index in [2.05, 4.69) is 40.0 Å². The summed E-state index contributed by atoms with van der Waals surface area (Å²) in [5.74, 6) is -3.30. The number of hydrogen-bond donors (Lipinski definition) is 3. The summed E-state index contributed by atoms with van der Waals surface area (Å²) in [5.41, 5.74) is 6.25. The smallest absolute Gasteiger partial charge is 0.404 e. The van der Waals surface area contributed by atoms with Crippen molar-refractivity contribution in [2.24, 2.45) is 5.73 Å². The fraction of sp³-hybridized carbons (Fsp3) is 0.355. The molecular formula is C31H37F4N7O5SSi. The molecule has 0 aliphatic rings. The average molecular weight is 724 g/mol. The van der Waals surface area contributed by atoms with E-state index < -0.39 is 47.9 Å². The van der Waals surface area contributed by atoms with Crippen LogP contribution in [0.15, 0.2) is 61.1 Å². The third-order valence-corrected chi connectivity index (χ3v) is 9.92. The topological polar surface area (TPSA) is 163 Å². The van der Waals surface area contributed by atoms with E-state index in [0.717, 1.165) is 6.04 Å². The van der Waals surface area contributed by atoms with Crippen molar-refractivity contribution in [2.45, 2.75) is 58.0 Å². The van der Waals surface area contributed by atoms with Crippen LogP contribution in [-0.4, -0.2) is 60.7 Å². The number of carbonyl (C=O) groups excluding carboxylic acids is 1. The van der Waals surface area contributed by atoms with Gasteiger partial charge in [0.15, 0.2) is 5.75 Å². The number of nitrogens with one attached hydrogen (secondary N) is 2. The molecule has 0 fully saturated rings. The fourth-order valence-corrected chi connectivity index (χ4v) is 6.38. The van der Waals surface area contributed by atoms with E-state index in [-0.39, 0.29) is 46.6 Å². The molecule has 2 aromatic heterocycles. The van der Waals surface area contributed by atoms with Gasteiger partial charge < -0.3 is 20.5 Å². The first-order chi connectivity index (χ1) is 22.9. The fourth-order valence-electron chi connectivity index (χ4n) is 4.62. The third-order valence-electron chi connectivity index (χ3n) is 6.97. The van der Waals surface area contributed by atoms with Crippen LogP contribution in [0, 0.1) is 5.82 Å². The molecule has 4 aromatic rings. The zero-order chi connectivity index (χ0) is 36.0. The number of sulfonamides is 1. The Morgan fingerprint density at radius 3 is 2.41 bits per heavy atom. The predicted octanol–water partition coefficient (Wildman–Crippen LogP) is 6.47. The molecule has 0 aliphatic heterocycles. The summed E-state index contributed by atoms with van der Waals surface area (Å²) in [4.78, 5) is 21.2. The van der Waals surface area contributed by atoms with Gasteiger partial charge in [-0.05, 0) is 42.3 Å². The van der Waals surface area contributed by atoms with Gasteiger partial charge in [-0.2, -0.15) is 18.3 Å². The minimum atomic E-state index is -5.01. The standard InChI is InChI=1S/C31H37F4N7O5SSi/c1-5-24(20-6-9-22(32)10-7-20)47-25-16-21(8-11-23(25)41-48(44,45)18-31(33,34)35)28-27(29(36)43)30(39-26-17-37-12-13-38-26)42(40-28)19-46-14-15-49(2,3)4/h6-13,16-17,24,41H,5,14-15,18-19H2,1-4H3,(H2,36,43)(H,38,39). The van der Waals surface area contributed by atoms with Gasteiger partial charge in [-0.1, -0.05) is 44.8 Å². The van der Waals surface area contributed by atoms with Gasteiger partial charge in [0.05, 0.1) is 11.9 Å². The number of carbonyl (C=O) groups is 1. The van der Waals surface area contributed by atoms with Crippen LogP contribution in [0.1, 0.15) is 35.4 Å². The number of hydrogen-bond acceptors (Lipinski definition) is 9. The Bertz CT molecular complexity index is 1850. The van der Waals surface area contributed by atoms with Crippen molar-refractivity contribution in [1.29, 1.82) is 0 Å². The summed E-state index contributed by atoms with van der Waals surface area (Å²) >= 11 is 0. The van der Waals surface area contributed by atoms with Gasteiger partial charge in [-0.3, -0.25) is 14.5 Å². The monoisotopic (exact) mass is 723 g/mol. The van der Waals surface area contributed by atoms with Crippen molar-refractivity contribution < 1.29 is 40.2 Å². The molecule has 0 saturated carbocycles. The normalized spacial score (nSPS) is 12.8. The largest absolute Gasteiger partial charge is 0.484 e. The second kappa shape index (κ2) is 15.3. The first-order valence-corrected chi connectivity index (χ1v) is 20.5. The second-order valence-corrected chi connectivity index (χ2v) is 19.6. The lowest BCUT2D eigenvalue weighted by molar-refractivity contribution is -0.106. The maximum Gasteiger partial charge on any atom is 0.404 e. The number of anilines is 3. The quantitative estimate of drug-likeness (QED) is 0.0668. The van der Waals surface area contributed by atoms with Crippen LogP contribution >= 0.6 is 0 Å². The van der Waals surface area contributed by atoms with Gasteiger partial charge >= 0.3 is 6.18 Å². The Morgan fingerprint density at radius 1 is 1.10 bits per heavy atom. The Morgan fingerprint density at radius 2 is 1.82 bits per heavy atom. The number of alkyl halides is 3.